The molecule has 0 aromatic rings. The first-order chi connectivity index (χ1) is 9.46. The summed E-state index contributed by atoms with van der Waals surface area (Å²) >= 11 is 0. The van der Waals surface area contributed by atoms with Gasteiger partial charge in [-0.15, -0.1) is 0 Å². The van der Waals surface area contributed by atoms with Crippen LogP contribution in [0.2, 0.25) is 0 Å². The van der Waals surface area contributed by atoms with Gasteiger partial charge in [0.25, 0.3) is 0 Å². The first-order valence-corrected chi connectivity index (χ1v) is 6.86. The molecule has 0 fully saturated rings. The van der Waals surface area contributed by atoms with Crippen LogP contribution in [0, 0.1) is 11.8 Å². The molecule has 0 unspecified atom stereocenters. The fourth-order valence-corrected chi connectivity index (χ4v) is 2.05. The van der Waals surface area contributed by atoms with Crippen LogP contribution >= 0.6 is 0 Å². The van der Waals surface area contributed by atoms with E-state index >= 15 is 0 Å². The zero-order chi connectivity index (χ0) is 15.3. The van der Waals surface area contributed by atoms with Crippen molar-refractivity contribution in [2.24, 2.45) is 21.8 Å². The average Bonchev–Trinajstić information content (AvgIpc) is 2.44. The first kappa shape index (κ1) is 16.5. The van der Waals surface area contributed by atoms with Crippen LogP contribution < -0.4 is 0 Å². The molecule has 0 spiro atoms. The summed E-state index contributed by atoms with van der Waals surface area (Å²) in [6.07, 6.45) is 0. The number of rotatable bonds is 4. The Balaban J connectivity index is 3.03. The summed E-state index contributed by atoms with van der Waals surface area (Å²) in [7, 11) is 3.10. The van der Waals surface area contributed by atoms with Gasteiger partial charge in [0.1, 0.15) is 12.1 Å². The lowest BCUT2D eigenvalue weighted by Gasteiger charge is -2.29. The number of carbonyl (C=O) groups is 1. The molecule has 0 bridgehead atoms. The van der Waals surface area contributed by atoms with Crippen molar-refractivity contribution in [3.63, 3.8) is 0 Å². The maximum absolute atomic E-state index is 11.9. The zero-order valence-electron chi connectivity index (χ0n) is 13.0. The molecule has 3 atom stereocenters. The number of methoxy groups -OCH3 is 2. The molecule has 1 aliphatic heterocycles. The molecule has 1 aliphatic rings. The molecule has 0 saturated carbocycles. The first-order valence-electron chi connectivity index (χ1n) is 6.86. The molecular weight excluding hydrogens is 260 g/mol. The third-order valence-electron chi connectivity index (χ3n) is 3.22. The Bertz CT molecular complexity index is 404. The van der Waals surface area contributed by atoms with E-state index in [0.717, 1.165) is 0 Å². The normalized spacial score (nSPS) is 23.8. The molecule has 0 aromatic carbocycles. The van der Waals surface area contributed by atoms with Gasteiger partial charge in [0.2, 0.25) is 11.8 Å². The maximum atomic E-state index is 11.9. The van der Waals surface area contributed by atoms with E-state index in [1.54, 1.807) is 21.0 Å². The second kappa shape index (κ2) is 7.26. The third kappa shape index (κ3) is 3.49. The van der Waals surface area contributed by atoms with Crippen molar-refractivity contribution < 1.29 is 19.0 Å². The Morgan fingerprint density at radius 1 is 1.10 bits per heavy atom. The van der Waals surface area contributed by atoms with E-state index in [1.807, 2.05) is 13.8 Å². The van der Waals surface area contributed by atoms with Gasteiger partial charge in [-0.2, -0.15) is 0 Å². The summed E-state index contributed by atoms with van der Waals surface area (Å²) in [5.74, 6) is 0.432. The van der Waals surface area contributed by atoms with Crippen molar-refractivity contribution in [2.45, 2.75) is 39.8 Å². The Kier molecular flexibility index (Phi) is 5.98. The van der Waals surface area contributed by atoms with E-state index in [1.165, 1.54) is 7.11 Å². The number of carbonyl (C=O) groups excluding carboxylic acids is 1. The van der Waals surface area contributed by atoms with E-state index in [2.05, 4.69) is 9.98 Å². The number of hydrogen-bond donors (Lipinski definition) is 0. The quantitative estimate of drug-likeness (QED) is 0.736. The number of nitrogens with zero attached hydrogens (tertiary/aromatic N) is 2. The summed E-state index contributed by atoms with van der Waals surface area (Å²) < 4.78 is 15.7. The number of ether oxygens (including phenoxy) is 3. The second-order valence-corrected chi connectivity index (χ2v) is 5.02. The van der Waals surface area contributed by atoms with Gasteiger partial charge in [0.15, 0.2) is 0 Å². The lowest BCUT2D eigenvalue weighted by atomic mass is 9.98. The third-order valence-corrected chi connectivity index (χ3v) is 3.22. The van der Waals surface area contributed by atoms with Gasteiger partial charge in [-0.3, -0.25) is 4.79 Å². The van der Waals surface area contributed by atoms with Gasteiger partial charge < -0.3 is 14.2 Å². The summed E-state index contributed by atoms with van der Waals surface area (Å²) in [5.41, 5.74) is 0. The van der Waals surface area contributed by atoms with Crippen LogP contribution in [0.5, 0.6) is 0 Å². The van der Waals surface area contributed by atoms with Crippen LogP contribution in [0.1, 0.15) is 27.7 Å². The largest absolute Gasteiger partial charge is 0.483 e. The van der Waals surface area contributed by atoms with Gasteiger partial charge in [-0.25, -0.2) is 9.98 Å². The van der Waals surface area contributed by atoms with Crippen LogP contribution in [0.3, 0.4) is 0 Å². The second-order valence-electron chi connectivity index (χ2n) is 5.02. The highest BCUT2D eigenvalue weighted by molar-refractivity contribution is 5.96. The molecule has 1 heterocycles. The highest BCUT2D eigenvalue weighted by Gasteiger charge is 2.37. The standard InChI is InChI=1S/C14H24N2O4/c1-7-20-14(17)9(4)11-13(19-6)15-10(8(2)3)12(16-11)18-5/h8-11H,7H2,1-6H3/t9-,10+,11-/m1/s1. The molecule has 114 valence electrons. The van der Waals surface area contributed by atoms with Crippen molar-refractivity contribution in [1.82, 2.24) is 0 Å². The van der Waals surface area contributed by atoms with Crippen molar-refractivity contribution in [3.05, 3.63) is 0 Å². The monoisotopic (exact) mass is 284 g/mol. The summed E-state index contributed by atoms with van der Waals surface area (Å²) in [6, 6.07) is -0.676. The molecule has 0 aliphatic carbocycles. The van der Waals surface area contributed by atoms with Crippen molar-refractivity contribution in [3.8, 4) is 0 Å². The highest BCUT2D eigenvalue weighted by Crippen LogP contribution is 2.22. The van der Waals surface area contributed by atoms with E-state index in [4.69, 9.17) is 14.2 Å². The van der Waals surface area contributed by atoms with Crippen LogP contribution in [0.25, 0.3) is 0 Å². The maximum Gasteiger partial charge on any atom is 0.311 e. The molecule has 6 heteroatoms. The molecule has 1 rings (SSSR count). The molecule has 0 saturated heterocycles. The van der Waals surface area contributed by atoms with E-state index < -0.39 is 12.0 Å². The molecule has 0 radical (unpaired) electrons. The SMILES string of the molecule is CCOC(=O)[C@H](C)[C@H]1N=C(OC)[C@H](C(C)C)N=C1OC. The molecular formula is C14H24N2O4. The molecule has 0 aromatic heterocycles. The van der Waals surface area contributed by atoms with Gasteiger partial charge in [-0.05, 0) is 19.8 Å². The molecule has 0 amide bonds. The van der Waals surface area contributed by atoms with E-state index in [-0.39, 0.29) is 17.9 Å². The number of hydrogen-bond acceptors (Lipinski definition) is 6. The highest BCUT2D eigenvalue weighted by atomic mass is 16.5. The Labute approximate surface area is 120 Å². The smallest absolute Gasteiger partial charge is 0.311 e. The van der Waals surface area contributed by atoms with Crippen LogP contribution in [0.4, 0.5) is 0 Å². The van der Waals surface area contributed by atoms with Crippen molar-refractivity contribution in [2.75, 3.05) is 20.8 Å². The van der Waals surface area contributed by atoms with Crippen LogP contribution in [0.15, 0.2) is 9.98 Å². The topological polar surface area (TPSA) is 69.5 Å². The molecule has 6 nitrogen and oxygen atoms in total. The van der Waals surface area contributed by atoms with Gasteiger partial charge in [0.05, 0.1) is 26.7 Å². The Morgan fingerprint density at radius 3 is 2.05 bits per heavy atom. The van der Waals surface area contributed by atoms with Crippen LogP contribution in [-0.2, 0) is 19.0 Å². The Hall–Kier alpha value is -1.59. The summed E-state index contributed by atoms with van der Waals surface area (Å²) in [4.78, 5) is 20.9. The predicted molar refractivity (Wildman–Crippen MR) is 77.1 cm³/mol. The minimum Gasteiger partial charge on any atom is -0.483 e. The number of aliphatic imine (C=N–C) groups is 2. The van der Waals surface area contributed by atoms with Gasteiger partial charge in [-0.1, -0.05) is 13.8 Å². The minimum absolute atomic E-state index is 0.180. The van der Waals surface area contributed by atoms with Crippen molar-refractivity contribution >= 4 is 17.8 Å². The predicted octanol–water partition coefficient (Wildman–Crippen LogP) is 1.68. The zero-order valence-corrected chi connectivity index (χ0v) is 13.0. The minimum atomic E-state index is -0.496. The summed E-state index contributed by atoms with van der Waals surface area (Å²) in [6.45, 7) is 7.93. The number of esters is 1. The fraction of sp³-hybridized carbons (Fsp3) is 0.786. The van der Waals surface area contributed by atoms with Crippen molar-refractivity contribution in [1.29, 1.82) is 0 Å². The van der Waals surface area contributed by atoms with E-state index in [0.29, 0.717) is 18.4 Å². The van der Waals surface area contributed by atoms with Gasteiger partial charge in [0, 0.05) is 0 Å². The fourth-order valence-electron chi connectivity index (χ4n) is 2.05. The molecule has 0 N–H and O–H groups in total. The summed E-state index contributed by atoms with van der Waals surface area (Å²) in [5, 5.41) is 0. The lowest BCUT2D eigenvalue weighted by molar-refractivity contribution is -0.147. The van der Waals surface area contributed by atoms with Crippen LogP contribution in [-0.4, -0.2) is 50.7 Å². The van der Waals surface area contributed by atoms with E-state index in [9.17, 15) is 4.79 Å². The average molecular weight is 284 g/mol. The lowest BCUT2D eigenvalue weighted by Crippen LogP contribution is -2.42. The molecule has 20 heavy (non-hydrogen) atoms. The van der Waals surface area contributed by atoms with Gasteiger partial charge >= 0.3 is 5.97 Å². The Morgan fingerprint density at radius 2 is 1.60 bits per heavy atom.